The molecule has 3 heteroatoms. The molecule has 0 aliphatic carbocycles. The lowest BCUT2D eigenvalue weighted by atomic mass is 9.90. The second-order valence-electron chi connectivity index (χ2n) is 4.44. The summed E-state index contributed by atoms with van der Waals surface area (Å²) in [5.41, 5.74) is 6.86. The van der Waals surface area contributed by atoms with Crippen LogP contribution in [-0.2, 0) is 11.3 Å². The van der Waals surface area contributed by atoms with Crippen LogP contribution in [0.3, 0.4) is 0 Å². The minimum absolute atomic E-state index is 0.193. The van der Waals surface area contributed by atoms with Crippen LogP contribution in [0.1, 0.15) is 12.5 Å². The first-order valence-corrected chi connectivity index (χ1v) is 5.21. The Morgan fingerprint density at radius 2 is 2.27 bits per heavy atom. The Kier molecular flexibility index (Phi) is 2.93. The van der Waals surface area contributed by atoms with Crippen molar-refractivity contribution in [1.82, 2.24) is 0 Å². The zero-order valence-corrected chi connectivity index (χ0v) is 9.03. The Morgan fingerprint density at radius 3 is 2.87 bits per heavy atom. The molecule has 3 nitrogen and oxygen atoms in total. The fraction of sp³-hybridized carbons (Fsp3) is 0.500. The Labute approximate surface area is 90.2 Å². The molecule has 1 fully saturated rings. The van der Waals surface area contributed by atoms with Crippen LogP contribution >= 0.6 is 0 Å². The van der Waals surface area contributed by atoms with E-state index < -0.39 is 0 Å². The molecule has 1 aliphatic rings. The van der Waals surface area contributed by atoms with E-state index >= 15 is 0 Å². The zero-order chi connectivity index (χ0) is 10.7. The van der Waals surface area contributed by atoms with Gasteiger partial charge in [-0.05, 0) is 17.7 Å². The first-order chi connectivity index (χ1) is 7.22. The van der Waals surface area contributed by atoms with Gasteiger partial charge in [0.05, 0.1) is 19.8 Å². The van der Waals surface area contributed by atoms with Crippen LogP contribution in [0.15, 0.2) is 24.3 Å². The second-order valence-corrected chi connectivity index (χ2v) is 4.44. The van der Waals surface area contributed by atoms with Gasteiger partial charge in [0.1, 0.15) is 5.75 Å². The number of hydrogen-bond donors (Lipinski definition) is 1. The molecule has 0 saturated carbocycles. The minimum atomic E-state index is 0.193. The maximum Gasteiger partial charge on any atom is 0.119 e. The third kappa shape index (κ3) is 2.49. The summed E-state index contributed by atoms with van der Waals surface area (Å²) in [5, 5.41) is 0. The van der Waals surface area contributed by atoms with Crippen molar-refractivity contribution in [3.05, 3.63) is 29.8 Å². The molecule has 82 valence electrons. The van der Waals surface area contributed by atoms with Crippen molar-refractivity contribution in [2.45, 2.75) is 13.5 Å². The van der Waals surface area contributed by atoms with E-state index in [0.717, 1.165) is 24.5 Å². The number of ether oxygens (including phenoxy) is 2. The van der Waals surface area contributed by atoms with Gasteiger partial charge in [-0.2, -0.15) is 0 Å². The van der Waals surface area contributed by atoms with Crippen molar-refractivity contribution >= 4 is 0 Å². The molecule has 0 spiro atoms. The van der Waals surface area contributed by atoms with Gasteiger partial charge in [0.25, 0.3) is 0 Å². The molecular formula is C12H17NO2. The fourth-order valence-corrected chi connectivity index (χ4v) is 1.55. The summed E-state index contributed by atoms with van der Waals surface area (Å²) in [7, 11) is 0. The Morgan fingerprint density at radius 1 is 1.47 bits per heavy atom. The summed E-state index contributed by atoms with van der Waals surface area (Å²) in [4.78, 5) is 0. The molecule has 15 heavy (non-hydrogen) atoms. The first kappa shape index (κ1) is 10.5. The molecule has 1 saturated heterocycles. The maximum atomic E-state index is 5.72. The summed E-state index contributed by atoms with van der Waals surface area (Å²) in [6.45, 7) is 5.02. The average Bonchev–Trinajstić information content (AvgIpc) is 2.24. The average molecular weight is 207 g/mol. The predicted octanol–water partition coefficient (Wildman–Crippen LogP) is 1.56. The smallest absolute Gasteiger partial charge is 0.119 e. The molecule has 1 aromatic rings. The molecular weight excluding hydrogens is 190 g/mol. The van der Waals surface area contributed by atoms with Crippen LogP contribution in [0.5, 0.6) is 5.75 Å². The lowest BCUT2D eigenvalue weighted by molar-refractivity contribution is -0.120. The molecule has 2 rings (SSSR count). The van der Waals surface area contributed by atoms with E-state index in [1.807, 2.05) is 24.3 Å². The molecule has 0 amide bonds. The van der Waals surface area contributed by atoms with Crippen LogP contribution in [-0.4, -0.2) is 19.8 Å². The van der Waals surface area contributed by atoms with Gasteiger partial charge in [0, 0.05) is 12.0 Å². The van der Waals surface area contributed by atoms with E-state index in [2.05, 4.69) is 6.92 Å². The third-order valence-electron chi connectivity index (χ3n) is 2.62. The lowest BCUT2D eigenvalue weighted by Crippen LogP contribution is -2.44. The summed E-state index contributed by atoms with van der Waals surface area (Å²) < 4.78 is 10.9. The van der Waals surface area contributed by atoms with Crippen LogP contribution in [0.2, 0.25) is 0 Å². The van der Waals surface area contributed by atoms with Crippen LogP contribution in [0.25, 0.3) is 0 Å². The van der Waals surface area contributed by atoms with E-state index in [0.29, 0.717) is 13.2 Å². The van der Waals surface area contributed by atoms with Gasteiger partial charge < -0.3 is 15.2 Å². The molecule has 1 heterocycles. The third-order valence-corrected chi connectivity index (χ3v) is 2.62. The number of benzene rings is 1. The number of hydrogen-bond acceptors (Lipinski definition) is 3. The van der Waals surface area contributed by atoms with Gasteiger partial charge in [0.2, 0.25) is 0 Å². The number of nitrogens with two attached hydrogens (primary N) is 1. The molecule has 0 atom stereocenters. The van der Waals surface area contributed by atoms with Crippen molar-refractivity contribution in [2.75, 3.05) is 19.8 Å². The van der Waals surface area contributed by atoms with E-state index in [9.17, 15) is 0 Å². The van der Waals surface area contributed by atoms with Crippen LogP contribution < -0.4 is 10.5 Å². The van der Waals surface area contributed by atoms with Crippen molar-refractivity contribution in [3.63, 3.8) is 0 Å². The molecule has 2 N–H and O–H groups in total. The zero-order valence-electron chi connectivity index (χ0n) is 9.03. The highest BCUT2D eigenvalue weighted by Crippen LogP contribution is 2.27. The van der Waals surface area contributed by atoms with Crippen molar-refractivity contribution in [1.29, 1.82) is 0 Å². The molecule has 1 aliphatic heterocycles. The van der Waals surface area contributed by atoms with Gasteiger partial charge in [-0.15, -0.1) is 0 Å². The van der Waals surface area contributed by atoms with Gasteiger partial charge in [-0.1, -0.05) is 19.1 Å². The molecule has 0 radical (unpaired) electrons. The van der Waals surface area contributed by atoms with Gasteiger partial charge >= 0.3 is 0 Å². The fourth-order valence-electron chi connectivity index (χ4n) is 1.55. The quantitative estimate of drug-likeness (QED) is 0.815. The van der Waals surface area contributed by atoms with Crippen LogP contribution in [0.4, 0.5) is 0 Å². The predicted molar refractivity (Wildman–Crippen MR) is 58.8 cm³/mol. The second kappa shape index (κ2) is 4.21. The SMILES string of the molecule is CC1(COc2cccc(CN)c2)COC1. The molecule has 0 unspecified atom stereocenters. The molecule has 0 bridgehead atoms. The van der Waals surface area contributed by atoms with Gasteiger partial charge in [-0.3, -0.25) is 0 Å². The standard InChI is InChI=1S/C12H17NO2/c1-12(7-14-8-12)9-15-11-4-2-3-10(5-11)6-13/h2-5H,6-9,13H2,1H3. The van der Waals surface area contributed by atoms with Crippen molar-refractivity contribution in [3.8, 4) is 5.75 Å². The van der Waals surface area contributed by atoms with Gasteiger partial charge in [-0.25, -0.2) is 0 Å². The molecule has 1 aromatic carbocycles. The van der Waals surface area contributed by atoms with E-state index in [-0.39, 0.29) is 5.41 Å². The van der Waals surface area contributed by atoms with E-state index in [1.165, 1.54) is 0 Å². The monoisotopic (exact) mass is 207 g/mol. The first-order valence-electron chi connectivity index (χ1n) is 5.21. The summed E-state index contributed by atoms with van der Waals surface area (Å²) >= 11 is 0. The van der Waals surface area contributed by atoms with E-state index in [1.54, 1.807) is 0 Å². The number of rotatable bonds is 4. The highest BCUT2D eigenvalue weighted by Gasteiger charge is 2.34. The normalized spacial score (nSPS) is 18.3. The summed E-state index contributed by atoms with van der Waals surface area (Å²) in [6.07, 6.45) is 0. The van der Waals surface area contributed by atoms with Crippen LogP contribution in [0, 0.1) is 5.41 Å². The summed E-state index contributed by atoms with van der Waals surface area (Å²) in [6, 6.07) is 7.92. The Bertz CT molecular complexity index is 334. The largest absolute Gasteiger partial charge is 0.493 e. The van der Waals surface area contributed by atoms with E-state index in [4.69, 9.17) is 15.2 Å². The lowest BCUT2D eigenvalue weighted by Gasteiger charge is -2.37. The minimum Gasteiger partial charge on any atom is -0.493 e. The summed E-state index contributed by atoms with van der Waals surface area (Å²) in [5.74, 6) is 0.895. The topological polar surface area (TPSA) is 44.5 Å². The maximum absolute atomic E-state index is 5.72. The highest BCUT2D eigenvalue weighted by atomic mass is 16.5. The Balaban J connectivity index is 1.92. The van der Waals surface area contributed by atoms with Crippen molar-refractivity contribution in [2.24, 2.45) is 11.1 Å². The Hall–Kier alpha value is -1.06. The molecule has 0 aromatic heterocycles. The highest BCUT2D eigenvalue weighted by molar-refractivity contribution is 5.28. The van der Waals surface area contributed by atoms with Gasteiger partial charge in [0.15, 0.2) is 0 Å². The van der Waals surface area contributed by atoms with Crippen molar-refractivity contribution < 1.29 is 9.47 Å².